The molecule has 0 fully saturated rings. The second-order valence-electron chi connectivity index (χ2n) is 2.95. The molecule has 1 unspecified atom stereocenters. The molecule has 1 aromatic rings. The standard InChI is InChI=1S/C10H14N4/c1-4-6-9-10(12-7-11-9)14-13-8(3)5-2/h7-8H,5H2,1-3H3,(H,11,12)/b14-13-. The highest BCUT2D eigenvalue weighted by molar-refractivity contribution is 5.44. The Kier molecular flexibility index (Phi) is 3.86. The van der Waals surface area contributed by atoms with Crippen molar-refractivity contribution in [2.45, 2.75) is 33.2 Å². The maximum atomic E-state index is 4.11. The summed E-state index contributed by atoms with van der Waals surface area (Å²) in [6.07, 6.45) is 2.55. The molecule has 4 nitrogen and oxygen atoms in total. The molecule has 4 heteroatoms. The number of hydrogen-bond acceptors (Lipinski definition) is 3. The fourth-order valence-corrected chi connectivity index (χ4v) is 0.812. The number of nitrogens with zero attached hydrogens (tertiary/aromatic N) is 3. The van der Waals surface area contributed by atoms with Crippen molar-refractivity contribution in [3.8, 4) is 11.8 Å². The van der Waals surface area contributed by atoms with Crippen LogP contribution in [0.15, 0.2) is 16.6 Å². The smallest absolute Gasteiger partial charge is 0.188 e. The van der Waals surface area contributed by atoms with Gasteiger partial charge in [-0.15, -0.1) is 5.11 Å². The summed E-state index contributed by atoms with van der Waals surface area (Å²) in [7, 11) is 0. The number of rotatable bonds is 3. The maximum Gasteiger partial charge on any atom is 0.188 e. The molecule has 0 spiro atoms. The van der Waals surface area contributed by atoms with Crippen LogP contribution >= 0.6 is 0 Å². The largest absolute Gasteiger partial charge is 0.327 e. The summed E-state index contributed by atoms with van der Waals surface area (Å²) in [6, 6.07) is 0.237. The molecule has 0 aliphatic rings. The number of azo groups is 1. The van der Waals surface area contributed by atoms with E-state index in [2.05, 4.69) is 39.0 Å². The predicted octanol–water partition coefficient (Wildman–Crippen LogP) is 2.66. The Hall–Kier alpha value is -1.63. The van der Waals surface area contributed by atoms with Gasteiger partial charge in [0.15, 0.2) is 11.5 Å². The Morgan fingerprint density at radius 2 is 2.43 bits per heavy atom. The van der Waals surface area contributed by atoms with Crippen LogP contribution in [0.25, 0.3) is 0 Å². The van der Waals surface area contributed by atoms with Crippen LogP contribution in [0.4, 0.5) is 5.82 Å². The Bertz CT molecular complexity index is 367. The SMILES string of the molecule is CC#Cc1nc[nH]c1/N=N\C(C)CC. The highest BCUT2D eigenvalue weighted by Gasteiger charge is 2.01. The van der Waals surface area contributed by atoms with E-state index in [4.69, 9.17) is 0 Å². The van der Waals surface area contributed by atoms with E-state index in [-0.39, 0.29) is 6.04 Å². The van der Waals surface area contributed by atoms with Crippen molar-refractivity contribution in [2.75, 3.05) is 0 Å². The quantitative estimate of drug-likeness (QED) is 0.578. The molecule has 1 N–H and O–H groups in total. The number of nitrogens with one attached hydrogen (secondary N) is 1. The molecule has 0 radical (unpaired) electrons. The summed E-state index contributed by atoms with van der Waals surface area (Å²) in [5.41, 5.74) is 0.652. The van der Waals surface area contributed by atoms with Crippen molar-refractivity contribution in [1.82, 2.24) is 9.97 Å². The van der Waals surface area contributed by atoms with Crippen LogP contribution in [0, 0.1) is 11.8 Å². The lowest BCUT2D eigenvalue weighted by atomic mass is 10.3. The van der Waals surface area contributed by atoms with Crippen LogP contribution < -0.4 is 0 Å². The van der Waals surface area contributed by atoms with Gasteiger partial charge in [-0.3, -0.25) is 0 Å². The van der Waals surface area contributed by atoms with Crippen molar-refractivity contribution in [1.29, 1.82) is 0 Å². The fourth-order valence-electron chi connectivity index (χ4n) is 0.812. The van der Waals surface area contributed by atoms with E-state index in [1.165, 1.54) is 0 Å². The highest BCUT2D eigenvalue weighted by atomic mass is 15.2. The maximum absolute atomic E-state index is 4.11. The lowest BCUT2D eigenvalue weighted by Gasteiger charge is -1.96. The fraction of sp³-hybridized carbons (Fsp3) is 0.500. The summed E-state index contributed by atoms with van der Waals surface area (Å²) in [5.74, 6) is 6.27. The third kappa shape index (κ3) is 2.70. The lowest BCUT2D eigenvalue weighted by molar-refractivity contribution is 0.679. The normalized spacial score (nSPS) is 12.5. The van der Waals surface area contributed by atoms with Crippen molar-refractivity contribution in [3.05, 3.63) is 12.0 Å². The summed E-state index contributed by atoms with van der Waals surface area (Å²) in [5, 5.41) is 8.17. The number of aromatic nitrogens is 2. The summed E-state index contributed by atoms with van der Waals surface area (Å²) in [6.45, 7) is 5.86. The molecule has 1 heterocycles. The van der Waals surface area contributed by atoms with E-state index in [0.29, 0.717) is 11.5 Å². The molecule has 1 aromatic heterocycles. The van der Waals surface area contributed by atoms with Crippen LogP contribution in [0.3, 0.4) is 0 Å². The summed E-state index contributed by atoms with van der Waals surface area (Å²) >= 11 is 0. The molecule has 0 aliphatic carbocycles. The van der Waals surface area contributed by atoms with E-state index < -0.39 is 0 Å². The topological polar surface area (TPSA) is 53.4 Å². The first-order valence-electron chi connectivity index (χ1n) is 4.64. The van der Waals surface area contributed by atoms with Crippen LogP contribution in [0.1, 0.15) is 32.9 Å². The second-order valence-corrected chi connectivity index (χ2v) is 2.95. The van der Waals surface area contributed by atoms with Crippen molar-refractivity contribution in [2.24, 2.45) is 10.2 Å². The van der Waals surface area contributed by atoms with Gasteiger partial charge >= 0.3 is 0 Å². The van der Waals surface area contributed by atoms with Gasteiger partial charge in [-0.2, -0.15) is 5.11 Å². The van der Waals surface area contributed by atoms with Gasteiger partial charge in [0.05, 0.1) is 12.4 Å². The van der Waals surface area contributed by atoms with Crippen LogP contribution in [0.2, 0.25) is 0 Å². The van der Waals surface area contributed by atoms with E-state index >= 15 is 0 Å². The summed E-state index contributed by atoms with van der Waals surface area (Å²) < 4.78 is 0. The molecule has 0 amide bonds. The number of imidazole rings is 1. The molecule has 74 valence electrons. The molecular formula is C10H14N4. The first-order valence-corrected chi connectivity index (χ1v) is 4.64. The average molecular weight is 190 g/mol. The zero-order chi connectivity index (χ0) is 10.4. The second kappa shape index (κ2) is 5.18. The zero-order valence-electron chi connectivity index (χ0n) is 8.70. The van der Waals surface area contributed by atoms with Crippen molar-refractivity contribution < 1.29 is 0 Å². The van der Waals surface area contributed by atoms with E-state index in [9.17, 15) is 0 Å². The minimum absolute atomic E-state index is 0.237. The highest BCUT2D eigenvalue weighted by Crippen LogP contribution is 2.13. The molecular weight excluding hydrogens is 176 g/mol. The van der Waals surface area contributed by atoms with Gasteiger partial charge in [-0.05, 0) is 26.2 Å². The van der Waals surface area contributed by atoms with E-state index in [1.54, 1.807) is 13.3 Å². The number of aromatic amines is 1. The minimum atomic E-state index is 0.237. The Balaban J connectivity index is 2.79. The lowest BCUT2D eigenvalue weighted by Crippen LogP contribution is -1.91. The average Bonchev–Trinajstić information content (AvgIpc) is 2.62. The predicted molar refractivity (Wildman–Crippen MR) is 55.4 cm³/mol. The van der Waals surface area contributed by atoms with Crippen LogP contribution in [-0.2, 0) is 0 Å². The van der Waals surface area contributed by atoms with Gasteiger partial charge in [0.25, 0.3) is 0 Å². The van der Waals surface area contributed by atoms with Gasteiger partial charge in [0.2, 0.25) is 0 Å². The Morgan fingerprint density at radius 3 is 3.07 bits per heavy atom. The van der Waals surface area contributed by atoms with Crippen molar-refractivity contribution >= 4 is 5.82 Å². The number of hydrogen-bond donors (Lipinski definition) is 1. The first-order chi connectivity index (χ1) is 6.77. The van der Waals surface area contributed by atoms with Gasteiger partial charge in [0.1, 0.15) is 0 Å². The van der Waals surface area contributed by atoms with E-state index in [1.807, 2.05) is 6.92 Å². The first kappa shape index (κ1) is 10.5. The monoisotopic (exact) mass is 190 g/mol. The van der Waals surface area contributed by atoms with Gasteiger partial charge in [-0.25, -0.2) is 4.98 Å². The molecule has 0 bridgehead atoms. The van der Waals surface area contributed by atoms with Crippen LogP contribution in [0.5, 0.6) is 0 Å². The zero-order valence-corrected chi connectivity index (χ0v) is 8.70. The molecule has 0 aliphatic heterocycles. The Morgan fingerprint density at radius 1 is 1.64 bits per heavy atom. The molecule has 1 rings (SSSR count). The molecule has 0 saturated heterocycles. The van der Waals surface area contributed by atoms with Gasteiger partial charge in [-0.1, -0.05) is 12.8 Å². The molecule has 0 aromatic carbocycles. The van der Waals surface area contributed by atoms with Crippen LogP contribution in [-0.4, -0.2) is 16.0 Å². The third-order valence-electron chi connectivity index (χ3n) is 1.81. The molecule has 0 saturated carbocycles. The van der Waals surface area contributed by atoms with Crippen molar-refractivity contribution in [3.63, 3.8) is 0 Å². The van der Waals surface area contributed by atoms with Gasteiger partial charge in [0, 0.05) is 0 Å². The Labute approximate surface area is 83.9 Å². The molecule has 14 heavy (non-hydrogen) atoms. The summed E-state index contributed by atoms with van der Waals surface area (Å²) in [4.78, 5) is 6.92. The third-order valence-corrected chi connectivity index (χ3v) is 1.81. The van der Waals surface area contributed by atoms with Gasteiger partial charge < -0.3 is 4.98 Å². The minimum Gasteiger partial charge on any atom is -0.327 e. The van der Waals surface area contributed by atoms with E-state index in [0.717, 1.165) is 6.42 Å². The number of H-pyrrole nitrogens is 1. The molecule has 1 atom stereocenters.